The molecule has 0 saturated carbocycles. The van der Waals surface area contributed by atoms with Crippen LogP contribution in [0.25, 0.3) is 0 Å². The Morgan fingerprint density at radius 1 is 1.38 bits per heavy atom. The minimum Gasteiger partial charge on any atom is -0.396 e. The Morgan fingerprint density at radius 2 is 2.00 bits per heavy atom. The maximum Gasteiger partial charge on any atom is 0.0480 e. The van der Waals surface area contributed by atoms with E-state index < -0.39 is 0 Å². The molecule has 1 saturated heterocycles. The van der Waals surface area contributed by atoms with Gasteiger partial charge in [-0.05, 0) is 25.7 Å². The number of aliphatic hydroxyl groups is 1. The molecule has 1 aliphatic heterocycles. The Bertz CT molecular complexity index is 135. The summed E-state index contributed by atoms with van der Waals surface area (Å²) in [5.41, 5.74) is 0. The maximum absolute atomic E-state index is 8.97. The van der Waals surface area contributed by atoms with E-state index in [9.17, 15) is 0 Å². The summed E-state index contributed by atoms with van der Waals surface area (Å²) >= 11 is 0. The van der Waals surface area contributed by atoms with Crippen LogP contribution in [0.3, 0.4) is 0 Å². The second-order valence-corrected chi connectivity index (χ2v) is 4.00. The van der Waals surface area contributed by atoms with Crippen LogP contribution in [0.2, 0.25) is 0 Å². The molecular weight excluding hydrogens is 166 g/mol. The molecule has 1 heterocycles. The number of aliphatic hydroxyl groups excluding tert-OH is 1. The van der Waals surface area contributed by atoms with Gasteiger partial charge in [-0.15, -0.1) is 0 Å². The van der Waals surface area contributed by atoms with Gasteiger partial charge < -0.3 is 15.2 Å². The highest BCUT2D eigenvalue weighted by Gasteiger charge is 2.18. The molecule has 3 nitrogen and oxygen atoms in total. The van der Waals surface area contributed by atoms with Crippen molar-refractivity contribution in [2.24, 2.45) is 5.92 Å². The third kappa shape index (κ3) is 3.63. The Labute approximate surface area is 80.5 Å². The minimum atomic E-state index is 0.261. The van der Waals surface area contributed by atoms with Gasteiger partial charge >= 0.3 is 0 Å². The van der Waals surface area contributed by atoms with Crippen LogP contribution in [0.1, 0.15) is 26.7 Å². The van der Waals surface area contributed by atoms with E-state index >= 15 is 0 Å². The molecule has 0 aliphatic carbocycles. The van der Waals surface area contributed by atoms with E-state index in [1.807, 2.05) is 0 Å². The molecule has 1 rings (SSSR count). The van der Waals surface area contributed by atoms with E-state index in [2.05, 4.69) is 19.2 Å². The zero-order valence-corrected chi connectivity index (χ0v) is 8.62. The Kier molecular flexibility index (Phi) is 4.70. The Hall–Kier alpha value is -0.120. The van der Waals surface area contributed by atoms with Crippen LogP contribution in [0.15, 0.2) is 0 Å². The van der Waals surface area contributed by atoms with Gasteiger partial charge in [0.2, 0.25) is 0 Å². The molecule has 0 aromatic rings. The lowest BCUT2D eigenvalue weighted by atomic mass is 10.0. The first-order valence-corrected chi connectivity index (χ1v) is 5.18. The summed E-state index contributed by atoms with van der Waals surface area (Å²) in [6.07, 6.45) is 2.20. The van der Waals surface area contributed by atoms with Gasteiger partial charge in [0.15, 0.2) is 0 Å². The van der Waals surface area contributed by atoms with Crippen molar-refractivity contribution in [2.75, 3.05) is 19.8 Å². The SMILES string of the molecule is CC(CO)C(C)NC1CCOCC1. The van der Waals surface area contributed by atoms with Crippen molar-refractivity contribution in [1.29, 1.82) is 0 Å². The Morgan fingerprint density at radius 3 is 2.54 bits per heavy atom. The number of hydrogen-bond acceptors (Lipinski definition) is 3. The predicted molar refractivity (Wildman–Crippen MR) is 52.7 cm³/mol. The molecule has 2 atom stereocenters. The van der Waals surface area contributed by atoms with Crippen LogP contribution in [0.5, 0.6) is 0 Å². The van der Waals surface area contributed by atoms with Gasteiger partial charge in [-0.3, -0.25) is 0 Å². The van der Waals surface area contributed by atoms with E-state index in [-0.39, 0.29) is 6.61 Å². The van der Waals surface area contributed by atoms with Gasteiger partial charge in [0, 0.05) is 31.9 Å². The van der Waals surface area contributed by atoms with Gasteiger partial charge in [-0.2, -0.15) is 0 Å². The van der Waals surface area contributed by atoms with Crippen LogP contribution in [-0.4, -0.2) is 37.0 Å². The largest absolute Gasteiger partial charge is 0.396 e. The molecule has 0 aromatic carbocycles. The summed E-state index contributed by atoms with van der Waals surface area (Å²) in [6, 6.07) is 0.978. The number of nitrogens with one attached hydrogen (secondary N) is 1. The number of hydrogen-bond donors (Lipinski definition) is 2. The summed E-state index contributed by atoms with van der Waals surface area (Å²) < 4.78 is 5.28. The van der Waals surface area contributed by atoms with E-state index in [4.69, 9.17) is 9.84 Å². The highest BCUT2D eigenvalue weighted by atomic mass is 16.5. The van der Waals surface area contributed by atoms with Crippen LogP contribution < -0.4 is 5.32 Å². The zero-order valence-electron chi connectivity index (χ0n) is 8.62. The van der Waals surface area contributed by atoms with Gasteiger partial charge in [0.25, 0.3) is 0 Å². The van der Waals surface area contributed by atoms with Crippen LogP contribution >= 0.6 is 0 Å². The van der Waals surface area contributed by atoms with E-state index in [1.54, 1.807) is 0 Å². The fourth-order valence-corrected chi connectivity index (χ4v) is 1.56. The number of ether oxygens (including phenoxy) is 1. The molecule has 0 radical (unpaired) electrons. The van der Waals surface area contributed by atoms with Crippen molar-refractivity contribution in [2.45, 2.75) is 38.8 Å². The summed E-state index contributed by atoms with van der Waals surface area (Å²) in [4.78, 5) is 0. The van der Waals surface area contributed by atoms with Crippen molar-refractivity contribution in [3.05, 3.63) is 0 Å². The number of rotatable bonds is 4. The molecule has 0 aromatic heterocycles. The average Bonchev–Trinajstić information content (AvgIpc) is 2.18. The monoisotopic (exact) mass is 187 g/mol. The van der Waals surface area contributed by atoms with Gasteiger partial charge in [-0.1, -0.05) is 6.92 Å². The topological polar surface area (TPSA) is 41.5 Å². The fourth-order valence-electron chi connectivity index (χ4n) is 1.56. The third-order valence-electron chi connectivity index (χ3n) is 2.86. The predicted octanol–water partition coefficient (Wildman–Crippen LogP) is 0.772. The average molecular weight is 187 g/mol. The first-order valence-electron chi connectivity index (χ1n) is 5.18. The smallest absolute Gasteiger partial charge is 0.0480 e. The van der Waals surface area contributed by atoms with Crippen molar-refractivity contribution in [3.63, 3.8) is 0 Å². The van der Waals surface area contributed by atoms with Crippen molar-refractivity contribution in [3.8, 4) is 0 Å². The van der Waals surface area contributed by atoms with Crippen molar-refractivity contribution >= 4 is 0 Å². The molecule has 0 bridgehead atoms. The molecule has 1 fully saturated rings. The second-order valence-electron chi connectivity index (χ2n) is 4.00. The standard InChI is InChI=1S/C10H21NO2/c1-8(7-12)9(2)11-10-3-5-13-6-4-10/h8-12H,3-7H2,1-2H3. The summed E-state index contributed by atoms with van der Waals surface area (Å²) in [6.45, 7) is 6.21. The Balaban J connectivity index is 2.21. The fraction of sp³-hybridized carbons (Fsp3) is 1.00. The van der Waals surface area contributed by atoms with Crippen LogP contribution in [0, 0.1) is 5.92 Å². The van der Waals surface area contributed by atoms with Gasteiger partial charge in [-0.25, -0.2) is 0 Å². The van der Waals surface area contributed by atoms with Crippen LogP contribution in [-0.2, 0) is 4.74 Å². The normalized spacial score (nSPS) is 24.2. The molecule has 0 spiro atoms. The summed E-state index contributed by atoms with van der Waals surface area (Å²) in [5.74, 6) is 0.336. The molecule has 0 amide bonds. The lowest BCUT2D eigenvalue weighted by molar-refractivity contribution is 0.0713. The quantitative estimate of drug-likeness (QED) is 0.683. The lowest BCUT2D eigenvalue weighted by Crippen LogP contribution is -2.43. The minimum absolute atomic E-state index is 0.261. The van der Waals surface area contributed by atoms with E-state index in [0.29, 0.717) is 18.0 Å². The van der Waals surface area contributed by atoms with E-state index in [0.717, 1.165) is 26.1 Å². The third-order valence-corrected chi connectivity index (χ3v) is 2.86. The molecule has 2 N–H and O–H groups in total. The van der Waals surface area contributed by atoms with Gasteiger partial charge in [0.05, 0.1) is 0 Å². The zero-order chi connectivity index (χ0) is 9.68. The highest BCUT2D eigenvalue weighted by molar-refractivity contribution is 4.76. The summed E-state index contributed by atoms with van der Waals surface area (Å²) in [5, 5.41) is 12.5. The lowest BCUT2D eigenvalue weighted by Gasteiger charge is -2.29. The molecule has 1 aliphatic rings. The molecule has 13 heavy (non-hydrogen) atoms. The molecule has 2 unspecified atom stereocenters. The molecular formula is C10H21NO2. The highest BCUT2D eigenvalue weighted by Crippen LogP contribution is 2.10. The van der Waals surface area contributed by atoms with Crippen molar-refractivity contribution < 1.29 is 9.84 Å². The van der Waals surface area contributed by atoms with Crippen molar-refractivity contribution in [1.82, 2.24) is 5.32 Å². The maximum atomic E-state index is 8.97. The second kappa shape index (κ2) is 5.58. The first kappa shape index (κ1) is 11.0. The summed E-state index contributed by atoms with van der Waals surface area (Å²) in [7, 11) is 0. The molecule has 3 heteroatoms. The van der Waals surface area contributed by atoms with E-state index in [1.165, 1.54) is 0 Å². The first-order chi connectivity index (χ1) is 6.24. The molecule has 78 valence electrons. The van der Waals surface area contributed by atoms with Gasteiger partial charge in [0.1, 0.15) is 0 Å². The van der Waals surface area contributed by atoms with Crippen LogP contribution in [0.4, 0.5) is 0 Å².